The molecule has 0 saturated heterocycles. The first-order valence-electron chi connectivity index (χ1n) is 6.95. The predicted octanol–water partition coefficient (Wildman–Crippen LogP) is 3.71. The van der Waals surface area contributed by atoms with Crippen molar-refractivity contribution in [3.8, 4) is 11.5 Å². The fourth-order valence-electron chi connectivity index (χ4n) is 2.82. The molecule has 0 aliphatic carbocycles. The van der Waals surface area contributed by atoms with Crippen LogP contribution in [0.4, 0.5) is 0 Å². The van der Waals surface area contributed by atoms with Crippen molar-refractivity contribution in [1.29, 1.82) is 0 Å². The molecule has 2 aromatic carbocycles. The zero-order valence-corrected chi connectivity index (χ0v) is 13.2. The van der Waals surface area contributed by atoms with Gasteiger partial charge in [-0.25, -0.2) is 0 Å². The Morgan fingerprint density at radius 1 is 0.905 bits per heavy atom. The van der Waals surface area contributed by atoms with Crippen LogP contribution in [0.1, 0.15) is 33.9 Å². The summed E-state index contributed by atoms with van der Waals surface area (Å²) >= 11 is 0. The Morgan fingerprint density at radius 2 is 1.52 bits per heavy atom. The highest BCUT2D eigenvalue weighted by atomic mass is 16.5. The first kappa shape index (κ1) is 15.4. The fraction of sp³-hybridized carbons (Fsp3) is 0.333. The lowest BCUT2D eigenvalue weighted by Gasteiger charge is -2.20. The van der Waals surface area contributed by atoms with Crippen molar-refractivity contribution in [3.05, 3.63) is 58.1 Å². The van der Waals surface area contributed by atoms with Crippen LogP contribution in [-0.4, -0.2) is 19.3 Å². The first-order chi connectivity index (χ1) is 9.97. The third kappa shape index (κ3) is 3.03. The van der Waals surface area contributed by atoms with Gasteiger partial charge in [0.1, 0.15) is 17.6 Å². The Bertz CT molecular complexity index is 624. The van der Waals surface area contributed by atoms with Crippen LogP contribution >= 0.6 is 0 Å². The van der Waals surface area contributed by atoms with E-state index in [9.17, 15) is 5.11 Å². The molecule has 112 valence electrons. The van der Waals surface area contributed by atoms with Gasteiger partial charge in [-0.3, -0.25) is 0 Å². The molecule has 3 nitrogen and oxygen atoms in total. The molecule has 3 heteroatoms. The van der Waals surface area contributed by atoms with Crippen LogP contribution in [0.3, 0.4) is 0 Å². The van der Waals surface area contributed by atoms with Crippen molar-refractivity contribution in [3.63, 3.8) is 0 Å². The van der Waals surface area contributed by atoms with Crippen LogP contribution in [0.25, 0.3) is 0 Å². The normalized spacial score (nSPS) is 12.1. The Kier molecular flexibility index (Phi) is 4.53. The van der Waals surface area contributed by atoms with Crippen LogP contribution in [0.5, 0.6) is 11.5 Å². The molecule has 0 fully saturated rings. The fourth-order valence-corrected chi connectivity index (χ4v) is 2.82. The molecule has 1 unspecified atom stereocenters. The van der Waals surface area contributed by atoms with Crippen LogP contribution in [0.15, 0.2) is 30.3 Å². The molecule has 0 aliphatic heterocycles. The summed E-state index contributed by atoms with van der Waals surface area (Å²) in [7, 11) is 3.21. The van der Waals surface area contributed by atoms with Gasteiger partial charge in [0.2, 0.25) is 0 Å². The van der Waals surface area contributed by atoms with E-state index in [0.29, 0.717) is 11.5 Å². The monoisotopic (exact) mass is 286 g/mol. The number of aliphatic hydroxyl groups excluding tert-OH is 1. The number of aryl methyl sites for hydroxylation is 3. The van der Waals surface area contributed by atoms with Gasteiger partial charge in [0.15, 0.2) is 0 Å². The topological polar surface area (TPSA) is 38.7 Å². The van der Waals surface area contributed by atoms with Gasteiger partial charge >= 0.3 is 0 Å². The minimum atomic E-state index is -0.716. The molecule has 0 amide bonds. The van der Waals surface area contributed by atoms with Crippen molar-refractivity contribution in [2.24, 2.45) is 0 Å². The molecule has 2 rings (SSSR count). The van der Waals surface area contributed by atoms with Gasteiger partial charge in [-0.05, 0) is 49.6 Å². The predicted molar refractivity (Wildman–Crippen MR) is 84.3 cm³/mol. The second kappa shape index (κ2) is 6.19. The summed E-state index contributed by atoms with van der Waals surface area (Å²) in [6, 6.07) is 9.64. The molecule has 1 atom stereocenters. The highest BCUT2D eigenvalue weighted by Crippen LogP contribution is 2.35. The Morgan fingerprint density at radius 3 is 2.05 bits per heavy atom. The Balaban J connectivity index is 2.52. The summed E-state index contributed by atoms with van der Waals surface area (Å²) in [6.07, 6.45) is -0.716. The maximum absolute atomic E-state index is 10.8. The maximum atomic E-state index is 10.8. The summed E-state index contributed by atoms with van der Waals surface area (Å²) in [5, 5.41) is 10.8. The van der Waals surface area contributed by atoms with E-state index < -0.39 is 6.10 Å². The quantitative estimate of drug-likeness (QED) is 0.931. The van der Waals surface area contributed by atoms with Crippen LogP contribution in [0.2, 0.25) is 0 Å². The lowest BCUT2D eigenvalue weighted by atomic mass is 9.91. The molecule has 0 saturated carbocycles. The van der Waals surface area contributed by atoms with Crippen molar-refractivity contribution in [2.75, 3.05) is 14.2 Å². The molecule has 1 N–H and O–H groups in total. The minimum Gasteiger partial charge on any atom is -0.497 e. The Labute approximate surface area is 126 Å². The number of rotatable bonds is 4. The largest absolute Gasteiger partial charge is 0.497 e. The average Bonchev–Trinajstić information content (AvgIpc) is 2.45. The molecular weight excluding hydrogens is 264 g/mol. The number of aliphatic hydroxyl groups is 1. The van der Waals surface area contributed by atoms with Crippen molar-refractivity contribution in [1.82, 2.24) is 0 Å². The van der Waals surface area contributed by atoms with E-state index in [0.717, 1.165) is 22.3 Å². The van der Waals surface area contributed by atoms with Crippen molar-refractivity contribution >= 4 is 0 Å². The SMILES string of the molecule is COc1ccc(C(O)c2c(C)cc(C)cc2C)c(OC)c1. The smallest absolute Gasteiger partial charge is 0.128 e. The van der Waals surface area contributed by atoms with Gasteiger partial charge in [0, 0.05) is 11.6 Å². The third-order valence-corrected chi connectivity index (χ3v) is 3.75. The number of benzene rings is 2. The summed E-state index contributed by atoms with van der Waals surface area (Å²) in [6.45, 7) is 6.10. The van der Waals surface area contributed by atoms with E-state index >= 15 is 0 Å². The van der Waals surface area contributed by atoms with Crippen molar-refractivity contribution in [2.45, 2.75) is 26.9 Å². The minimum absolute atomic E-state index is 0.626. The average molecular weight is 286 g/mol. The second-order valence-electron chi connectivity index (χ2n) is 5.32. The van der Waals surface area contributed by atoms with E-state index in [2.05, 4.69) is 19.1 Å². The van der Waals surface area contributed by atoms with Gasteiger partial charge in [-0.15, -0.1) is 0 Å². The molecule has 0 aromatic heterocycles. The number of hydrogen-bond acceptors (Lipinski definition) is 3. The van der Waals surface area contributed by atoms with Crippen molar-refractivity contribution < 1.29 is 14.6 Å². The molecule has 0 radical (unpaired) electrons. The van der Waals surface area contributed by atoms with Crippen LogP contribution in [0, 0.1) is 20.8 Å². The van der Waals surface area contributed by atoms with Gasteiger partial charge in [-0.2, -0.15) is 0 Å². The first-order valence-corrected chi connectivity index (χ1v) is 6.95. The van der Waals surface area contributed by atoms with E-state index in [1.807, 2.05) is 26.0 Å². The molecule has 21 heavy (non-hydrogen) atoms. The zero-order chi connectivity index (χ0) is 15.6. The maximum Gasteiger partial charge on any atom is 0.128 e. The van der Waals surface area contributed by atoms with E-state index in [1.54, 1.807) is 20.3 Å². The van der Waals surface area contributed by atoms with Gasteiger partial charge in [-0.1, -0.05) is 17.7 Å². The summed E-state index contributed by atoms with van der Waals surface area (Å²) in [4.78, 5) is 0. The summed E-state index contributed by atoms with van der Waals surface area (Å²) < 4.78 is 10.6. The lowest BCUT2D eigenvalue weighted by molar-refractivity contribution is 0.213. The van der Waals surface area contributed by atoms with E-state index in [1.165, 1.54) is 5.56 Å². The lowest BCUT2D eigenvalue weighted by Crippen LogP contribution is -2.07. The molecule has 0 heterocycles. The number of ether oxygens (including phenoxy) is 2. The molecule has 0 bridgehead atoms. The van der Waals surface area contributed by atoms with Gasteiger partial charge in [0.05, 0.1) is 14.2 Å². The molecule has 2 aromatic rings. The van der Waals surface area contributed by atoms with Gasteiger partial charge < -0.3 is 14.6 Å². The summed E-state index contributed by atoms with van der Waals surface area (Å²) in [5.74, 6) is 1.33. The van der Waals surface area contributed by atoms with E-state index in [4.69, 9.17) is 9.47 Å². The highest BCUT2D eigenvalue weighted by molar-refractivity contribution is 5.49. The number of methoxy groups -OCH3 is 2. The standard InChI is InChI=1S/C18H22O3/c1-11-8-12(2)17(13(3)9-11)18(19)15-7-6-14(20-4)10-16(15)21-5/h6-10,18-19H,1-5H3. The summed E-state index contributed by atoms with van der Waals surface area (Å²) in [5.41, 5.74) is 5.04. The number of hydrogen-bond donors (Lipinski definition) is 1. The zero-order valence-electron chi connectivity index (χ0n) is 13.2. The molecule has 0 aliphatic rings. The van der Waals surface area contributed by atoms with Gasteiger partial charge in [0.25, 0.3) is 0 Å². The van der Waals surface area contributed by atoms with Crippen LogP contribution < -0.4 is 9.47 Å². The Hall–Kier alpha value is -2.00. The van der Waals surface area contributed by atoms with E-state index in [-0.39, 0.29) is 0 Å². The molecular formula is C18H22O3. The third-order valence-electron chi connectivity index (χ3n) is 3.75. The second-order valence-corrected chi connectivity index (χ2v) is 5.32. The highest BCUT2D eigenvalue weighted by Gasteiger charge is 2.20. The molecule has 0 spiro atoms. The van der Waals surface area contributed by atoms with Crippen LogP contribution in [-0.2, 0) is 0 Å².